The number of carbonyl (C=O) groups is 1. The lowest BCUT2D eigenvalue weighted by Gasteiger charge is -2.26. The van der Waals surface area contributed by atoms with Crippen LogP contribution in [0.4, 0.5) is 0 Å². The van der Waals surface area contributed by atoms with Gasteiger partial charge in [0.2, 0.25) is 5.91 Å². The lowest BCUT2D eigenvalue weighted by atomic mass is 10.0. The second-order valence-corrected chi connectivity index (χ2v) is 5.67. The number of amides is 1. The van der Waals surface area contributed by atoms with E-state index in [4.69, 9.17) is 11.6 Å². The van der Waals surface area contributed by atoms with E-state index in [9.17, 15) is 4.79 Å². The summed E-state index contributed by atoms with van der Waals surface area (Å²) >= 11 is 6.26. The maximum absolute atomic E-state index is 12.1. The second kappa shape index (κ2) is 8.28. The summed E-state index contributed by atoms with van der Waals surface area (Å²) in [7, 11) is 3.99. The number of nitrogens with zero attached hydrogens (tertiary/aromatic N) is 1. The Morgan fingerprint density at radius 2 is 1.85 bits per heavy atom. The van der Waals surface area contributed by atoms with Crippen molar-refractivity contribution >= 4 is 17.5 Å². The van der Waals surface area contributed by atoms with Gasteiger partial charge in [0.05, 0.1) is 6.04 Å². The first kappa shape index (κ1) is 17.0. The van der Waals surface area contributed by atoms with Crippen molar-refractivity contribution in [1.29, 1.82) is 0 Å². The zero-order valence-corrected chi connectivity index (χ0v) is 13.6. The average Bonchev–Trinajstić information content (AvgIpc) is 2.42. The van der Waals surface area contributed by atoms with Crippen LogP contribution in [0, 0.1) is 5.92 Å². The molecular weight excluding hydrogens is 272 g/mol. The Labute approximate surface area is 127 Å². The van der Waals surface area contributed by atoms with Gasteiger partial charge in [-0.1, -0.05) is 43.6 Å². The number of hydrogen-bond donors (Lipinski definition) is 1. The summed E-state index contributed by atoms with van der Waals surface area (Å²) < 4.78 is 0. The fraction of sp³-hybridized carbons (Fsp3) is 0.562. The zero-order chi connectivity index (χ0) is 15.1. The molecule has 1 rings (SSSR count). The number of nitrogens with one attached hydrogen (secondary N) is 1. The SMILES string of the molecule is CCC(CC)C(=O)NCC(c1ccccc1Cl)N(C)C. The minimum absolute atomic E-state index is 0.0852. The van der Waals surface area contributed by atoms with Gasteiger partial charge < -0.3 is 10.2 Å². The molecule has 0 aliphatic heterocycles. The molecular formula is C16H25ClN2O. The van der Waals surface area contributed by atoms with E-state index in [0.717, 1.165) is 23.4 Å². The summed E-state index contributed by atoms with van der Waals surface area (Å²) in [6.45, 7) is 4.67. The van der Waals surface area contributed by atoms with Gasteiger partial charge in [0.15, 0.2) is 0 Å². The van der Waals surface area contributed by atoms with Gasteiger partial charge in [0.1, 0.15) is 0 Å². The first-order chi connectivity index (χ1) is 9.51. The molecule has 3 nitrogen and oxygen atoms in total. The van der Waals surface area contributed by atoms with Crippen molar-refractivity contribution in [2.24, 2.45) is 5.92 Å². The highest BCUT2D eigenvalue weighted by Gasteiger charge is 2.20. The van der Waals surface area contributed by atoms with Crippen LogP contribution in [0.25, 0.3) is 0 Å². The smallest absolute Gasteiger partial charge is 0.223 e. The Balaban J connectivity index is 2.75. The number of hydrogen-bond acceptors (Lipinski definition) is 2. The Hall–Kier alpha value is -1.06. The van der Waals surface area contributed by atoms with Crippen LogP contribution < -0.4 is 5.32 Å². The van der Waals surface area contributed by atoms with E-state index < -0.39 is 0 Å². The van der Waals surface area contributed by atoms with Crippen LogP contribution in [0.3, 0.4) is 0 Å². The summed E-state index contributed by atoms with van der Waals surface area (Å²) in [5.41, 5.74) is 1.05. The Bertz CT molecular complexity index is 430. The molecule has 1 amide bonds. The van der Waals surface area contributed by atoms with Gasteiger partial charge in [0.25, 0.3) is 0 Å². The summed E-state index contributed by atoms with van der Waals surface area (Å²) in [5.74, 6) is 0.234. The monoisotopic (exact) mass is 296 g/mol. The van der Waals surface area contributed by atoms with Crippen LogP contribution in [0.15, 0.2) is 24.3 Å². The maximum Gasteiger partial charge on any atom is 0.223 e. The maximum atomic E-state index is 12.1. The Morgan fingerprint density at radius 1 is 1.25 bits per heavy atom. The molecule has 0 fully saturated rings. The van der Waals surface area contributed by atoms with E-state index in [1.54, 1.807) is 0 Å². The normalized spacial score (nSPS) is 12.8. The number of rotatable bonds is 7. The van der Waals surface area contributed by atoms with Crippen molar-refractivity contribution in [3.05, 3.63) is 34.9 Å². The largest absolute Gasteiger partial charge is 0.354 e. The Morgan fingerprint density at radius 3 is 2.35 bits per heavy atom. The number of benzene rings is 1. The fourth-order valence-electron chi connectivity index (χ4n) is 2.32. The average molecular weight is 297 g/mol. The molecule has 1 aromatic carbocycles. The fourth-order valence-corrected chi connectivity index (χ4v) is 2.58. The van der Waals surface area contributed by atoms with Gasteiger partial charge in [-0.05, 0) is 38.6 Å². The molecule has 0 aromatic heterocycles. The van der Waals surface area contributed by atoms with Crippen molar-refractivity contribution in [3.63, 3.8) is 0 Å². The van der Waals surface area contributed by atoms with E-state index in [1.807, 2.05) is 52.2 Å². The van der Waals surface area contributed by atoms with Crippen LogP contribution in [0.2, 0.25) is 5.02 Å². The zero-order valence-electron chi connectivity index (χ0n) is 12.8. The van der Waals surface area contributed by atoms with E-state index in [0.29, 0.717) is 6.54 Å². The van der Waals surface area contributed by atoms with Crippen molar-refractivity contribution in [1.82, 2.24) is 10.2 Å². The van der Waals surface area contributed by atoms with E-state index in [1.165, 1.54) is 0 Å². The summed E-state index contributed by atoms with van der Waals surface area (Å²) in [4.78, 5) is 14.2. The van der Waals surface area contributed by atoms with Crippen LogP contribution in [-0.2, 0) is 4.79 Å². The minimum atomic E-state index is 0.0852. The third-order valence-corrected chi connectivity index (χ3v) is 4.06. The van der Waals surface area contributed by atoms with Crippen molar-refractivity contribution < 1.29 is 4.79 Å². The molecule has 0 saturated heterocycles. The highest BCUT2D eigenvalue weighted by atomic mass is 35.5. The predicted molar refractivity (Wildman–Crippen MR) is 85.0 cm³/mol. The van der Waals surface area contributed by atoms with E-state index in [-0.39, 0.29) is 17.9 Å². The highest BCUT2D eigenvalue weighted by molar-refractivity contribution is 6.31. The molecule has 112 valence electrons. The van der Waals surface area contributed by atoms with Gasteiger partial charge in [-0.15, -0.1) is 0 Å². The number of halogens is 1. The summed E-state index contributed by atoms with van der Waals surface area (Å²) in [5, 5.41) is 3.79. The molecule has 0 bridgehead atoms. The van der Waals surface area contributed by atoms with Crippen LogP contribution in [0.5, 0.6) is 0 Å². The first-order valence-corrected chi connectivity index (χ1v) is 7.57. The van der Waals surface area contributed by atoms with Crippen molar-refractivity contribution in [2.45, 2.75) is 32.7 Å². The molecule has 0 aliphatic rings. The molecule has 1 unspecified atom stereocenters. The number of carbonyl (C=O) groups excluding carboxylic acids is 1. The standard InChI is InChI=1S/C16H25ClN2O/c1-5-12(6-2)16(20)18-11-15(19(3)4)13-9-7-8-10-14(13)17/h7-10,12,15H,5-6,11H2,1-4H3,(H,18,20). The third kappa shape index (κ3) is 4.50. The van der Waals surface area contributed by atoms with Gasteiger partial charge in [0, 0.05) is 17.5 Å². The highest BCUT2D eigenvalue weighted by Crippen LogP contribution is 2.25. The molecule has 4 heteroatoms. The van der Waals surface area contributed by atoms with Crippen LogP contribution >= 0.6 is 11.6 Å². The van der Waals surface area contributed by atoms with Crippen molar-refractivity contribution in [2.75, 3.05) is 20.6 Å². The van der Waals surface area contributed by atoms with Gasteiger partial charge in [-0.25, -0.2) is 0 Å². The molecule has 0 spiro atoms. The molecule has 0 radical (unpaired) electrons. The summed E-state index contributed by atoms with van der Waals surface area (Å²) in [6, 6.07) is 7.87. The van der Waals surface area contributed by atoms with Gasteiger partial charge in [-0.3, -0.25) is 4.79 Å². The predicted octanol–water partition coefficient (Wildman–Crippen LogP) is 3.50. The van der Waals surface area contributed by atoms with E-state index >= 15 is 0 Å². The van der Waals surface area contributed by atoms with Crippen molar-refractivity contribution in [3.8, 4) is 0 Å². The first-order valence-electron chi connectivity index (χ1n) is 7.19. The lowest BCUT2D eigenvalue weighted by Crippen LogP contribution is -2.37. The van der Waals surface area contributed by atoms with Crippen LogP contribution in [-0.4, -0.2) is 31.4 Å². The molecule has 0 heterocycles. The number of likely N-dealkylation sites (N-methyl/N-ethyl adjacent to an activating group) is 1. The molecule has 20 heavy (non-hydrogen) atoms. The lowest BCUT2D eigenvalue weighted by molar-refractivity contribution is -0.125. The molecule has 1 N–H and O–H groups in total. The molecule has 0 aliphatic carbocycles. The third-order valence-electron chi connectivity index (χ3n) is 3.71. The quantitative estimate of drug-likeness (QED) is 0.835. The van der Waals surface area contributed by atoms with Gasteiger partial charge >= 0.3 is 0 Å². The summed E-state index contributed by atoms with van der Waals surface area (Å²) in [6.07, 6.45) is 1.75. The molecule has 0 saturated carbocycles. The molecule has 1 atom stereocenters. The van der Waals surface area contributed by atoms with E-state index in [2.05, 4.69) is 10.2 Å². The van der Waals surface area contributed by atoms with Crippen LogP contribution in [0.1, 0.15) is 38.3 Å². The minimum Gasteiger partial charge on any atom is -0.354 e. The second-order valence-electron chi connectivity index (χ2n) is 5.26. The van der Waals surface area contributed by atoms with Gasteiger partial charge in [-0.2, -0.15) is 0 Å². The topological polar surface area (TPSA) is 32.3 Å². The molecule has 1 aromatic rings. The Kier molecular flexibility index (Phi) is 7.03.